The maximum absolute atomic E-state index is 14.8. The van der Waals surface area contributed by atoms with Crippen molar-refractivity contribution in [2.45, 2.75) is 26.2 Å². The number of benzene rings is 3. The van der Waals surface area contributed by atoms with E-state index in [1.165, 1.54) is 25.3 Å². The summed E-state index contributed by atoms with van der Waals surface area (Å²) in [6.07, 6.45) is 5.11. The third-order valence-corrected chi connectivity index (χ3v) is 5.78. The number of allylic oxidation sites excluding steroid dienone is 2. The van der Waals surface area contributed by atoms with Crippen LogP contribution in [0.4, 0.5) is 13.2 Å². The van der Waals surface area contributed by atoms with Crippen LogP contribution in [-0.4, -0.2) is 7.11 Å². The SMILES string of the molecule is COc1ccc(-c2ccc(-c3ccc(C4=CCC(C)CC4)c(F)c3)cc2)c(F)c1F. The molecule has 1 aliphatic rings. The van der Waals surface area contributed by atoms with Crippen molar-refractivity contribution in [1.82, 2.24) is 0 Å². The first kappa shape index (κ1) is 20.3. The molecule has 154 valence electrons. The van der Waals surface area contributed by atoms with Crippen LogP contribution < -0.4 is 4.74 Å². The van der Waals surface area contributed by atoms with Crippen LogP contribution in [0.2, 0.25) is 0 Å². The number of methoxy groups -OCH3 is 1. The van der Waals surface area contributed by atoms with Gasteiger partial charge in [-0.05, 0) is 65.6 Å². The van der Waals surface area contributed by atoms with Gasteiger partial charge in [-0.15, -0.1) is 0 Å². The van der Waals surface area contributed by atoms with Crippen molar-refractivity contribution in [2.24, 2.45) is 5.92 Å². The second-order valence-corrected chi connectivity index (χ2v) is 7.82. The predicted molar refractivity (Wildman–Crippen MR) is 115 cm³/mol. The fraction of sp³-hybridized carbons (Fsp3) is 0.231. The van der Waals surface area contributed by atoms with Crippen molar-refractivity contribution in [3.05, 3.63) is 83.7 Å². The molecule has 4 heteroatoms. The summed E-state index contributed by atoms with van der Waals surface area (Å²) in [6.45, 7) is 2.21. The molecule has 0 amide bonds. The normalized spacial score (nSPS) is 16.3. The van der Waals surface area contributed by atoms with Crippen molar-refractivity contribution >= 4 is 5.57 Å². The van der Waals surface area contributed by atoms with Crippen LogP contribution in [-0.2, 0) is 0 Å². The third-order valence-electron chi connectivity index (χ3n) is 5.78. The topological polar surface area (TPSA) is 9.23 Å². The van der Waals surface area contributed by atoms with Crippen LogP contribution in [0, 0.1) is 23.4 Å². The van der Waals surface area contributed by atoms with Gasteiger partial charge in [0, 0.05) is 11.1 Å². The Balaban J connectivity index is 1.61. The quantitative estimate of drug-likeness (QED) is 0.431. The first-order valence-electron chi connectivity index (χ1n) is 10.1. The molecule has 0 N–H and O–H groups in total. The largest absolute Gasteiger partial charge is 0.494 e. The maximum Gasteiger partial charge on any atom is 0.201 e. The van der Waals surface area contributed by atoms with E-state index in [0.29, 0.717) is 17.0 Å². The highest BCUT2D eigenvalue weighted by molar-refractivity contribution is 5.74. The highest BCUT2D eigenvalue weighted by Gasteiger charge is 2.17. The smallest absolute Gasteiger partial charge is 0.201 e. The second-order valence-electron chi connectivity index (χ2n) is 7.82. The van der Waals surface area contributed by atoms with E-state index in [1.807, 2.05) is 12.1 Å². The van der Waals surface area contributed by atoms with E-state index >= 15 is 0 Å². The highest BCUT2D eigenvalue weighted by atomic mass is 19.2. The second kappa shape index (κ2) is 8.39. The molecule has 3 aromatic rings. The molecule has 1 atom stereocenters. The molecule has 0 fully saturated rings. The fourth-order valence-corrected chi connectivity index (χ4v) is 3.92. The Hall–Kier alpha value is -3.01. The first-order valence-corrected chi connectivity index (χ1v) is 10.1. The molecule has 3 aromatic carbocycles. The zero-order valence-corrected chi connectivity index (χ0v) is 17.0. The minimum Gasteiger partial charge on any atom is -0.494 e. The van der Waals surface area contributed by atoms with E-state index in [9.17, 15) is 13.2 Å². The molecule has 0 bridgehead atoms. The highest BCUT2D eigenvalue weighted by Crippen LogP contribution is 2.34. The minimum atomic E-state index is -1.01. The summed E-state index contributed by atoms with van der Waals surface area (Å²) in [5.74, 6) is -1.68. The van der Waals surface area contributed by atoms with Crippen LogP contribution in [0.25, 0.3) is 27.8 Å². The molecule has 1 unspecified atom stereocenters. The predicted octanol–water partition coefficient (Wildman–Crippen LogP) is 7.65. The van der Waals surface area contributed by atoms with Gasteiger partial charge in [0.15, 0.2) is 11.6 Å². The number of hydrogen-bond acceptors (Lipinski definition) is 1. The molecule has 0 aliphatic heterocycles. The number of hydrogen-bond donors (Lipinski definition) is 0. The van der Waals surface area contributed by atoms with Crippen molar-refractivity contribution in [1.29, 1.82) is 0 Å². The average molecular weight is 408 g/mol. The molecule has 1 nitrogen and oxygen atoms in total. The molecule has 0 spiro atoms. The Morgan fingerprint density at radius 3 is 2.10 bits per heavy atom. The molecule has 0 radical (unpaired) electrons. The summed E-state index contributed by atoms with van der Waals surface area (Å²) in [4.78, 5) is 0. The molecule has 0 heterocycles. The Kier molecular flexibility index (Phi) is 5.67. The van der Waals surface area contributed by atoms with Crippen LogP contribution in [0.5, 0.6) is 5.75 Å². The third kappa shape index (κ3) is 3.87. The van der Waals surface area contributed by atoms with Gasteiger partial charge in [-0.1, -0.05) is 49.4 Å². The van der Waals surface area contributed by atoms with Gasteiger partial charge in [0.2, 0.25) is 5.82 Å². The summed E-state index contributed by atoms with van der Waals surface area (Å²) in [6, 6.07) is 15.1. The molecule has 1 aliphatic carbocycles. The van der Waals surface area contributed by atoms with E-state index in [2.05, 4.69) is 13.0 Å². The number of rotatable bonds is 4. The van der Waals surface area contributed by atoms with Crippen LogP contribution >= 0.6 is 0 Å². The van der Waals surface area contributed by atoms with Gasteiger partial charge in [0.1, 0.15) is 5.82 Å². The standard InChI is InChI=1S/C26H23F3O/c1-16-3-5-18(6-4-16)21-12-11-20(15-23(21)27)17-7-9-19(10-8-17)22-13-14-24(30-2)26(29)25(22)28/h5,7-16H,3-4,6H2,1-2H3. The first-order chi connectivity index (χ1) is 14.5. The lowest BCUT2D eigenvalue weighted by molar-refractivity contribution is 0.372. The molecule has 0 saturated heterocycles. The molecule has 0 saturated carbocycles. The van der Waals surface area contributed by atoms with Crippen LogP contribution in [0.3, 0.4) is 0 Å². The summed E-state index contributed by atoms with van der Waals surface area (Å²) in [5.41, 5.74) is 3.98. The molecule has 30 heavy (non-hydrogen) atoms. The molecular weight excluding hydrogens is 385 g/mol. The summed E-state index contributed by atoms with van der Waals surface area (Å²) >= 11 is 0. The Morgan fingerprint density at radius 1 is 0.800 bits per heavy atom. The lowest BCUT2D eigenvalue weighted by Gasteiger charge is -2.19. The minimum absolute atomic E-state index is 0.133. The van der Waals surface area contributed by atoms with Gasteiger partial charge in [0.05, 0.1) is 7.11 Å². The van der Waals surface area contributed by atoms with Gasteiger partial charge in [-0.25, -0.2) is 8.78 Å². The Labute approximate surface area is 174 Å². The van der Waals surface area contributed by atoms with Crippen molar-refractivity contribution in [2.75, 3.05) is 7.11 Å². The number of halogens is 3. The summed E-state index contributed by atoms with van der Waals surface area (Å²) < 4.78 is 47.9. The van der Waals surface area contributed by atoms with E-state index < -0.39 is 11.6 Å². The van der Waals surface area contributed by atoms with E-state index in [4.69, 9.17) is 4.74 Å². The van der Waals surface area contributed by atoms with Crippen molar-refractivity contribution in [3.63, 3.8) is 0 Å². The van der Waals surface area contributed by atoms with Crippen LogP contribution in [0.15, 0.2) is 60.7 Å². The maximum atomic E-state index is 14.8. The Bertz CT molecular complexity index is 1100. The van der Waals surface area contributed by atoms with Gasteiger partial charge in [0.25, 0.3) is 0 Å². The zero-order valence-electron chi connectivity index (χ0n) is 17.0. The zero-order chi connectivity index (χ0) is 21.3. The average Bonchev–Trinajstić information content (AvgIpc) is 2.76. The van der Waals surface area contributed by atoms with Crippen LogP contribution in [0.1, 0.15) is 31.7 Å². The van der Waals surface area contributed by atoms with Gasteiger partial charge in [-0.3, -0.25) is 0 Å². The van der Waals surface area contributed by atoms with Gasteiger partial charge >= 0.3 is 0 Å². The van der Waals surface area contributed by atoms with Gasteiger partial charge < -0.3 is 4.74 Å². The van der Waals surface area contributed by atoms with E-state index in [-0.39, 0.29) is 17.1 Å². The summed E-state index contributed by atoms with van der Waals surface area (Å²) in [7, 11) is 1.29. The lowest BCUT2D eigenvalue weighted by atomic mass is 9.87. The van der Waals surface area contributed by atoms with Crippen molar-refractivity contribution in [3.8, 4) is 28.0 Å². The lowest BCUT2D eigenvalue weighted by Crippen LogP contribution is -2.02. The molecule has 0 aromatic heterocycles. The van der Waals surface area contributed by atoms with E-state index in [1.54, 1.807) is 24.3 Å². The number of ether oxygens (including phenoxy) is 1. The Morgan fingerprint density at radius 2 is 1.47 bits per heavy atom. The molecular formula is C26H23F3O. The summed E-state index contributed by atoms with van der Waals surface area (Å²) in [5, 5.41) is 0. The van der Waals surface area contributed by atoms with Crippen molar-refractivity contribution < 1.29 is 17.9 Å². The van der Waals surface area contributed by atoms with E-state index in [0.717, 1.165) is 36.0 Å². The monoisotopic (exact) mass is 408 g/mol. The molecule has 4 rings (SSSR count). The fourth-order valence-electron chi connectivity index (χ4n) is 3.92. The van der Waals surface area contributed by atoms with Gasteiger partial charge in [-0.2, -0.15) is 4.39 Å².